The lowest BCUT2D eigenvalue weighted by Gasteiger charge is -2.46. The predicted molar refractivity (Wildman–Crippen MR) is 101 cm³/mol. The van der Waals surface area contributed by atoms with Gasteiger partial charge in [0.15, 0.2) is 5.96 Å². The van der Waals surface area contributed by atoms with E-state index in [0.29, 0.717) is 5.56 Å². The number of nitrogens with zero attached hydrogens (tertiary/aromatic N) is 1. The van der Waals surface area contributed by atoms with Crippen molar-refractivity contribution in [3.8, 4) is 0 Å². The van der Waals surface area contributed by atoms with Crippen LogP contribution in [0.3, 0.4) is 0 Å². The third-order valence-corrected chi connectivity index (χ3v) is 5.41. The molecule has 1 amide bonds. The van der Waals surface area contributed by atoms with Gasteiger partial charge in [-0.1, -0.05) is 36.4 Å². The minimum absolute atomic E-state index is 0.151. The normalized spacial score (nSPS) is 22.8. The van der Waals surface area contributed by atoms with Crippen molar-refractivity contribution in [1.82, 2.24) is 10.2 Å². The summed E-state index contributed by atoms with van der Waals surface area (Å²) in [6, 6.07) is 9.63. The van der Waals surface area contributed by atoms with E-state index in [1.165, 1.54) is 50.4 Å². The Kier molecular flexibility index (Phi) is 5.12. The van der Waals surface area contributed by atoms with Crippen LogP contribution in [0, 0.1) is 5.41 Å². The first-order valence-electron chi connectivity index (χ1n) is 9.05. The molecule has 1 heterocycles. The van der Waals surface area contributed by atoms with Crippen LogP contribution < -0.4 is 5.32 Å². The van der Waals surface area contributed by atoms with E-state index in [1.807, 2.05) is 0 Å². The van der Waals surface area contributed by atoms with E-state index in [-0.39, 0.29) is 17.1 Å². The molecule has 2 N–H and O–H groups in total. The number of carbonyl (C=O) groups excluding carboxylic acids is 1. The zero-order valence-electron chi connectivity index (χ0n) is 16.4. The number of rotatable bonds is 3. The second kappa shape index (κ2) is 7.07. The van der Waals surface area contributed by atoms with E-state index < -0.39 is 35.0 Å². The molecule has 1 aliphatic heterocycles. The van der Waals surface area contributed by atoms with Gasteiger partial charge in [0.1, 0.15) is 0 Å². The number of alkyl halides is 5. The van der Waals surface area contributed by atoms with Crippen molar-refractivity contribution in [2.75, 3.05) is 7.05 Å². The Morgan fingerprint density at radius 2 is 1.63 bits per heavy atom. The largest absolute Gasteiger partial charge is 0.416 e. The number of amides is 1. The Balaban J connectivity index is 2.15. The highest BCUT2D eigenvalue weighted by atomic mass is 19.4. The van der Waals surface area contributed by atoms with Gasteiger partial charge in [-0.3, -0.25) is 15.1 Å². The third-order valence-electron chi connectivity index (χ3n) is 5.41. The molecule has 0 bridgehead atoms. The van der Waals surface area contributed by atoms with E-state index in [4.69, 9.17) is 5.41 Å². The fraction of sp³-hybridized carbons (Fsp3) is 0.333. The second-order valence-electron chi connectivity index (χ2n) is 7.60. The summed E-state index contributed by atoms with van der Waals surface area (Å²) in [5.74, 6) is -4.92. The molecule has 30 heavy (non-hydrogen) atoms. The number of hydrogen-bond donors (Lipinski definition) is 2. The number of hydrogen-bond acceptors (Lipinski definition) is 2. The SMILES string of the molecule is CN1C(=N)N[C@](C)(c2cccc(C(F)(F)F)c2)[C@@H](c2ccc(C(C)(F)F)cc2)C1=O. The van der Waals surface area contributed by atoms with Gasteiger partial charge in [0.25, 0.3) is 5.92 Å². The summed E-state index contributed by atoms with van der Waals surface area (Å²) in [6.45, 7) is 2.27. The maximum absolute atomic E-state index is 13.6. The Morgan fingerprint density at radius 3 is 2.17 bits per heavy atom. The van der Waals surface area contributed by atoms with Gasteiger partial charge in [0, 0.05) is 19.5 Å². The van der Waals surface area contributed by atoms with Gasteiger partial charge in [0.2, 0.25) is 5.91 Å². The van der Waals surface area contributed by atoms with E-state index in [0.717, 1.165) is 24.0 Å². The van der Waals surface area contributed by atoms with Crippen LogP contribution in [0.5, 0.6) is 0 Å². The maximum Gasteiger partial charge on any atom is 0.416 e. The lowest BCUT2D eigenvalue weighted by atomic mass is 9.73. The molecule has 0 radical (unpaired) electrons. The maximum atomic E-state index is 13.6. The lowest BCUT2D eigenvalue weighted by Crippen LogP contribution is -2.62. The quantitative estimate of drug-likeness (QED) is 0.694. The summed E-state index contributed by atoms with van der Waals surface area (Å²) in [7, 11) is 1.37. The summed E-state index contributed by atoms with van der Waals surface area (Å²) in [5.41, 5.74) is -2.04. The van der Waals surface area contributed by atoms with Gasteiger partial charge in [0.05, 0.1) is 17.0 Å². The lowest BCUT2D eigenvalue weighted by molar-refractivity contribution is -0.137. The molecule has 1 fully saturated rings. The molecule has 0 spiro atoms. The first kappa shape index (κ1) is 21.7. The molecular formula is C21H20F5N3O. The number of nitrogens with one attached hydrogen (secondary N) is 2. The van der Waals surface area contributed by atoms with Crippen LogP contribution in [-0.4, -0.2) is 23.8 Å². The van der Waals surface area contributed by atoms with Crippen molar-refractivity contribution < 1.29 is 26.7 Å². The Bertz CT molecular complexity index is 981. The molecule has 2 aromatic rings. The standard InChI is InChI=1S/C21H20F5N3O/c1-19(14-5-4-6-15(11-14)21(24,25)26)16(17(30)29(3)18(27)28-19)12-7-9-13(10-8-12)20(2,22)23/h4-11,16H,1-3H3,(H2,27,28)/t16-,19+/m0/s1. The topological polar surface area (TPSA) is 56.2 Å². The molecule has 0 aromatic heterocycles. The summed E-state index contributed by atoms with van der Waals surface area (Å²) in [5, 5.41) is 10.9. The molecule has 1 saturated heterocycles. The van der Waals surface area contributed by atoms with Crippen LogP contribution in [0.2, 0.25) is 0 Å². The minimum Gasteiger partial charge on any atom is -0.346 e. The summed E-state index contributed by atoms with van der Waals surface area (Å²) < 4.78 is 66.9. The average molecular weight is 425 g/mol. The summed E-state index contributed by atoms with van der Waals surface area (Å²) in [6.07, 6.45) is -4.58. The van der Waals surface area contributed by atoms with E-state index in [1.54, 1.807) is 0 Å². The number of guanidine groups is 1. The molecule has 0 saturated carbocycles. The van der Waals surface area contributed by atoms with Crippen LogP contribution in [0.1, 0.15) is 42.0 Å². The van der Waals surface area contributed by atoms with Crippen LogP contribution in [-0.2, 0) is 22.4 Å². The molecule has 2 atom stereocenters. The van der Waals surface area contributed by atoms with Crippen molar-refractivity contribution in [2.45, 2.75) is 37.4 Å². The zero-order valence-corrected chi connectivity index (χ0v) is 16.4. The van der Waals surface area contributed by atoms with Crippen molar-refractivity contribution in [3.05, 3.63) is 70.8 Å². The van der Waals surface area contributed by atoms with Gasteiger partial charge >= 0.3 is 6.18 Å². The van der Waals surface area contributed by atoms with Crippen LogP contribution in [0.15, 0.2) is 48.5 Å². The molecule has 9 heteroatoms. The zero-order chi connectivity index (χ0) is 22.5. The molecule has 2 aromatic carbocycles. The highest BCUT2D eigenvalue weighted by molar-refractivity contribution is 6.02. The van der Waals surface area contributed by atoms with Gasteiger partial charge in [-0.15, -0.1) is 0 Å². The Labute approximate surface area is 170 Å². The van der Waals surface area contributed by atoms with Gasteiger partial charge in [-0.2, -0.15) is 13.2 Å². The average Bonchev–Trinajstić information content (AvgIpc) is 2.65. The van der Waals surface area contributed by atoms with Crippen LogP contribution >= 0.6 is 0 Å². The monoisotopic (exact) mass is 425 g/mol. The Hall–Kier alpha value is -2.97. The number of carbonyl (C=O) groups is 1. The highest BCUT2D eigenvalue weighted by Crippen LogP contribution is 2.42. The first-order valence-corrected chi connectivity index (χ1v) is 9.05. The van der Waals surface area contributed by atoms with Crippen molar-refractivity contribution in [3.63, 3.8) is 0 Å². The van der Waals surface area contributed by atoms with Gasteiger partial charge in [-0.25, -0.2) is 8.78 Å². The van der Waals surface area contributed by atoms with Crippen molar-refractivity contribution in [1.29, 1.82) is 5.41 Å². The van der Waals surface area contributed by atoms with Gasteiger partial charge in [-0.05, 0) is 30.2 Å². The second-order valence-corrected chi connectivity index (χ2v) is 7.60. The number of likely N-dealkylation sites (N-methyl/N-ethyl adjacent to an activating group) is 1. The molecule has 0 aliphatic carbocycles. The molecule has 160 valence electrons. The van der Waals surface area contributed by atoms with Crippen LogP contribution in [0.4, 0.5) is 22.0 Å². The Morgan fingerprint density at radius 1 is 1.03 bits per heavy atom. The molecular weight excluding hydrogens is 405 g/mol. The first-order chi connectivity index (χ1) is 13.7. The predicted octanol–water partition coefficient (Wildman–Crippen LogP) is 4.81. The third kappa shape index (κ3) is 3.76. The molecule has 4 nitrogen and oxygen atoms in total. The highest BCUT2D eigenvalue weighted by Gasteiger charge is 2.49. The van der Waals surface area contributed by atoms with Crippen LogP contribution in [0.25, 0.3) is 0 Å². The molecule has 0 unspecified atom stereocenters. The fourth-order valence-corrected chi connectivity index (χ4v) is 3.65. The molecule has 1 aliphatic rings. The van der Waals surface area contributed by atoms with Crippen molar-refractivity contribution >= 4 is 11.9 Å². The minimum atomic E-state index is -4.58. The number of benzene rings is 2. The van der Waals surface area contributed by atoms with Gasteiger partial charge < -0.3 is 5.32 Å². The van der Waals surface area contributed by atoms with E-state index >= 15 is 0 Å². The fourth-order valence-electron chi connectivity index (χ4n) is 3.65. The number of halogens is 5. The summed E-state index contributed by atoms with van der Waals surface area (Å²) >= 11 is 0. The smallest absolute Gasteiger partial charge is 0.346 e. The van der Waals surface area contributed by atoms with E-state index in [9.17, 15) is 26.7 Å². The summed E-state index contributed by atoms with van der Waals surface area (Å²) in [4.78, 5) is 14.1. The molecule has 3 rings (SSSR count). The van der Waals surface area contributed by atoms with Crippen molar-refractivity contribution in [2.24, 2.45) is 0 Å². The van der Waals surface area contributed by atoms with E-state index in [2.05, 4.69) is 5.32 Å².